The molecule has 0 bridgehead atoms. The minimum Gasteiger partial charge on any atom is -0.340 e. The van der Waals surface area contributed by atoms with Crippen LogP contribution in [0, 0.1) is 0 Å². The first-order chi connectivity index (χ1) is 13.5. The van der Waals surface area contributed by atoms with E-state index in [2.05, 4.69) is 0 Å². The van der Waals surface area contributed by atoms with Gasteiger partial charge in [-0.15, -0.1) is 0 Å². The first kappa shape index (κ1) is 18.3. The molecule has 3 aromatic carbocycles. The van der Waals surface area contributed by atoms with Gasteiger partial charge in [0.25, 0.3) is 0 Å². The lowest BCUT2D eigenvalue weighted by Gasteiger charge is -2.20. The molecule has 0 fully saturated rings. The average Bonchev–Trinajstić information content (AvgIpc) is 2.71. The van der Waals surface area contributed by atoms with Gasteiger partial charge >= 0.3 is 0 Å². The van der Waals surface area contributed by atoms with E-state index in [1.54, 1.807) is 24.1 Å². The summed E-state index contributed by atoms with van der Waals surface area (Å²) in [5, 5.41) is 1.88. The maximum absolute atomic E-state index is 13.0. The second-order valence-electron chi connectivity index (χ2n) is 6.83. The Balaban J connectivity index is 1.73. The standard InChI is InChI=1S/C23H19ClN2O2/c1-25(14-16-7-6-8-17(24)13-16)22(27)15-26-20-11-4-2-9-18(20)23(28)19-10-3-5-12-21(19)26/h2-13H,14-15H2,1H3. The number of likely N-dealkylation sites (N-methyl/N-ethyl adjacent to an activating group) is 1. The van der Waals surface area contributed by atoms with E-state index in [1.807, 2.05) is 65.2 Å². The zero-order valence-corrected chi connectivity index (χ0v) is 16.2. The van der Waals surface area contributed by atoms with Gasteiger partial charge in [0, 0.05) is 29.4 Å². The van der Waals surface area contributed by atoms with Crippen LogP contribution in [0.5, 0.6) is 0 Å². The van der Waals surface area contributed by atoms with E-state index in [0.29, 0.717) is 22.3 Å². The van der Waals surface area contributed by atoms with Crippen molar-refractivity contribution in [3.05, 3.63) is 93.6 Å². The Morgan fingerprint density at radius 3 is 2.14 bits per heavy atom. The number of nitrogens with zero attached hydrogens (tertiary/aromatic N) is 2. The van der Waals surface area contributed by atoms with Gasteiger partial charge in [-0.2, -0.15) is 0 Å². The highest BCUT2D eigenvalue weighted by atomic mass is 35.5. The number of fused-ring (bicyclic) bond motifs is 2. The number of carbonyl (C=O) groups excluding carboxylic acids is 1. The highest BCUT2D eigenvalue weighted by Gasteiger charge is 2.15. The molecule has 0 unspecified atom stereocenters. The quantitative estimate of drug-likeness (QED) is 0.482. The maximum Gasteiger partial charge on any atom is 0.242 e. The predicted octanol–water partition coefficient (Wildman–Crippen LogP) is 4.47. The summed E-state index contributed by atoms with van der Waals surface area (Å²) in [6.07, 6.45) is 0. The smallest absolute Gasteiger partial charge is 0.242 e. The molecule has 0 aliphatic rings. The Morgan fingerprint density at radius 1 is 0.929 bits per heavy atom. The number of amides is 1. The molecule has 0 saturated heterocycles. The van der Waals surface area contributed by atoms with Crippen LogP contribution in [0.1, 0.15) is 5.56 Å². The van der Waals surface area contributed by atoms with Gasteiger partial charge in [0.1, 0.15) is 6.54 Å². The Bertz CT molecular complexity index is 1190. The molecular formula is C23H19ClN2O2. The number of para-hydroxylation sites is 2. The highest BCUT2D eigenvalue weighted by molar-refractivity contribution is 6.30. The van der Waals surface area contributed by atoms with E-state index < -0.39 is 0 Å². The molecule has 0 spiro atoms. The number of hydrogen-bond donors (Lipinski definition) is 0. The highest BCUT2D eigenvalue weighted by Crippen LogP contribution is 2.20. The molecule has 1 amide bonds. The van der Waals surface area contributed by atoms with Crippen LogP contribution >= 0.6 is 11.6 Å². The Morgan fingerprint density at radius 2 is 1.54 bits per heavy atom. The van der Waals surface area contributed by atoms with Gasteiger partial charge in [-0.3, -0.25) is 9.59 Å². The second-order valence-corrected chi connectivity index (χ2v) is 7.27. The predicted molar refractivity (Wildman–Crippen MR) is 114 cm³/mol. The van der Waals surface area contributed by atoms with Crippen LogP contribution in [0.3, 0.4) is 0 Å². The summed E-state index contributed by atoms with van der Waals surface area (Å²) in [6, 6.07) is 22.3. The third-order valence-corrected chi connectivity index (χ3v) is 5.14. The topological polar surface area (TPSA) is 42.3 Å². The van der Waals surface area contributed by atoms with Crippen LogP contribution < -0.4 is 5.43 Å². The van der Waals surface area contributed by atoms with Gasteiger partial charge in [-0.25, -0.2) is 0 Å². The number of hydrogen-bond acceptors (Lipinski definition) is 2. The third kappa shape index (κ3) is 3.39. The third-order valence-electron chi connectivity index (χ3n) is 4.91. The monoisotopic (exact) mass is 390 g/mol. The molecule has 140 valence electrons. The fourth-order valence-electron chi connectivity index (χ4n) is 3.50. The molecule has 0 atom stereocenters. The van der Waals surface area contributed by atoms with E-state index in [1.165, 1.54) is 0 Å². The Labute approximate surface area is 167 Å². The molecule has 0 N–H and O–H groups in total. The van der Waals surface area contributed by atoms with Crippen molar-refractivity contribution in [3.63, 3.8) is 0 Å². The van der Waals surface area contributed by atoms with Crippen LogP contribution in [0.4, 0.5) is 0 Å². The minimum absolute atomic E-state index is 0.0119. The largest absolute Gasteiger partial charge is 0.340 e. The average molecular weight is 391 g/mol. The van der Waals surface area contributed by atoms with Gasteiger partial charge in [-0.05, 0) is 42.0 Å². The lowest BCUT2D eigenvalue weighted by atomic mass is 10.1. The Hall–Kier alpha value is -3.11. The molecule has 0 aliphatic heterocycles. The number of rotatable bonds is 4. The molecule has 1 aromatic heterocycles. The molecular weight excluding hydrogens is 372 g/mol. The summed E-state index contributed by atoms with van der Waals surface area (Å²) in [6.45, 7) is 0.619. The summed E-state index contributed by atoms with van der Waals surface area (Å²) in [4.78, 5) is 27.5. The van der Waals surface area contributed by atoms with E-state index in [0.717, 1.165) is 16.6 Å². The van der Waals surface area contributed by atoms with Gasteiger partial charge in [-0.1, -0.05) is 48.0 Å². The molecule has 4 nitrogen and oxygen atoms in total. The van der Waals surface area contributed by atoms with E-state index in [4.69, 9.17) is 11.6 Å². The molecule has 0 aliphatic carbocycles. The SMILES string of the molecule is CN(Cc1cccc(Cl)c1)C(=O)Cn1c2ccccc2c(=O)c2ccccc21. The number of carbonyl (C=O) groups is 1. The lowest BCUT2D eigenvalue weighted by molar-refractivity contribution is -0.130. The minimum atomic E-state index is -0.0427. The molecule has 0 saturated carbocycles. The van der Waals surface area contributed by atoms with E-state index in [9.17, 15) is 9.59 Å². The fraction of sp³-hybridized carbons (Fsp3) is 0.130. The maximum atomic E-state index is 13.0. The molecule has 4 aromatic rings. The van der Waals surface area contributed by atoms with Gasteiger partial charge in [0.2, 0.25) is 5.91 Å². The molecule has 5 heteroatoms. The van der Waals surface area contributed by atoms with Crippen LogP contribution in [0.25, 0.3) is 21.8 Å². The van der Waals surface area contributed by atoms with Crippen LogP contribution in [0.2, 0.25) is 5.02 Å². The molecule has 28 heavy (non-hydrogen) atoms. The number of halogens is 1. The number of benzene rings is 3. The van der Waals surface area contributed by atoms with Crippen LogP contribution in [-0.4, -0.2) is 22.4 Å². The summed E-state index contributed by atoms with van der Waals surface area (Å²) >= 11 is 6.05. The Kier molecular flexibility index (Phi) is 4.88. The second kappa shape index (κ2) is 7.49. The molecule has 1 heterocycles. The van der Waals surface area contributed by atoms with Crippen molar-refractivity contribution in [2.45, 2.75) is 13.1 Å². The van der Waals surface area contributed by atoms with Crippen molar-refractivity contribution >= 4 is 39.3 Å². The van der Waals surface area contributed by atoms with Crippen molar-refractivity contribution in [1.82, 2.24) is 9.47 Å². The van der Waals surface area contributed by atoms with E-state index >= 15 is 0 Å². The number of pyridine rings is 1. The van der Waals surface area contributed by atoms with Gasteiger partial charge in [0.05, 0.1) is 11.0 Å². The summed E-state index contributed by atoms with van der Waals surface area (Å²) < 4.78 is 1.92. The zero-order valence-electron chi connectivity index (χ0n) is 15.4. The van der Waals surface area contributed by atoms with Gasteiger partial charge in [0.15, 0.2) is 5.43 Å². The molecule has 0 radical (unpaired) electrons. The summed E-state index contributed by atoms with van der Waals surface area (Å²) in [5.74, 6) is -0.0427. The van der Waals surface area contributed by atoms with E-state index in [-0.39, 0.29) is 17.9 Å². The van der Waals surface area contributed by atoms with Crippen molar-refractivity contribution in [2.75, 3.05) is 7.05 Å². The van der Waals surface area contributed by atoms with Crippen molar-refractivity contribution in [1.29, 1.82) is 0 Å². The van der Waals surface area contributed by atoms with Crippen molar-refractivity contribution in [2.24, 2.45) is 0 Å². The zero-order chi connectivity index (χ0) is 19.7. The van der Waals surface area contributed by atoms with Crippen LogP contribution in [0.15, 0.2) is 77.6 Å². The lowest BCUT2D eigenvalue weighted by Crippen LogP contribution is -2.30. The first-order valence-corrected chi connectivity index (χ1v) is 9.41. The fourth-order valence-corrected chi connectivity index (χ4v) is 3.71. The molecule has 4 rings (SSSR count). The normalized spacial score (nSPS) is 11.1. The van der Waals surface area contributed by atoms with Crippen molar-refractivity contribution < 1.29 is 4.79 Å². The van der Waals surface area contributed by atoms with Gasteiger partial charge < -0.3 is 9.47 Å². The van der Waals surface area contributed by atoms with Crippen LogP contribution in [-0.2, 0) is 17.9 Å². The summed E-state index contributed by atoms with van der Waals surface area (Å²) in [5.41, 5.74) is 2.48. The van der Waals surface area contributed by atoms with Crippen molar-refractivity contribution in [3.8, 4) is 0 Å². The first-order valence-electron chi connectivity index (χ1n) is 9.03. The summed E-state index contributed by atoms with van der Waals surface area (Å²) in [7, 11) is 1.77. The number of aromatic nitrogens is 1.